The molecular weight excluding hydrogens is 621 g/mol. The summed E-state index contributed by atoms with van der Waals surface area (Å²) in [5, 5.41) is 22.6. The number of aromatic hydroxyl groups is 1. The van der Waals surface area contributed by atoms with Gasteiger partial charge in [-0.2, -0.15) is 9.97 Å². The van der Waals surface area contributed by atoms with Gasteiger partial charge in [-0.15, -0.1) is 0 Å². The fourth-order valence-electron chi connectivity index (χ4n) is 6.16. The van der Waals surface area contributed by atoms with Crippen molar-refractivity contribution < 1.29 is 19.7 Å². The number of piperidine rings is 1. The van der Waals surface area contributed by atoms with Crippen molar-refractivity contribution in [1.29, 1.82) is 0 Å². The molecule has 2 atom stereocenters. The number of nitrogens with zero attached hydrogens (tertiary/aromatic N) is 5. The van der Waals surface area contributed by atoms with Crippen molar-refractivity contribution in [2.45, 2.75) is 57.8 Å². The van der Waals surface area contributed by atoms with E-state index in [0.29, 0.717) is 37.8 Å². The largest absolute Gasteiger partial charge is 0.508 e. The second kappa shape index (κ2) is 10.6. The van der Waals surface area contributed by atoms with E-state index in [-0.39, 0.29) is 23.1 Å². The first kappa shape index (κ1) is 27.5. The fraction of sp³-hybridized carbons (Fsp3) is 0.500. The van der Waals surface area contributed by atoms with Gasteiger partial charge in [0, 0.05) is 39.1 Å². The zero-order chi connectivity index (χ0) is 28.2. The molecule has 40 heavy (non-hydrogen) atoms. The van der Waals surface area contributed by atoms with Crippen LogP contribution in [0.3, 0.4) is 0 Å². The van der Waals surface area contributed by atoms with Gasteiger partial charge in [0.2, 0.25) is 0 Å². The third-order valence-corrected chi connectivity index (χ3v) is 9.31. The Morgan fingerprint density at radius 1 is 1.20 bits per heavy atom. The molecule has 1 aliphatic carbocycles. The summed E-state index contributed by atoms with van der Waals surface area (Å²) in [5.74, 6) is 0.647. The van der Waals surface area contributed by atoms with Crippen molar-refractivity contribution in [2.75, 3.05) is 38.7 Å². The Kier molecular flexibility index (Phi) is 7.28. The molecule has 0 bridgehead atoms. The van der Waals surface area contributed by atoms with Gasteiger partial charge in [-0.1, -0.05) is 12.1 Å². The van der Waals surface area contributed by atoms with Crippen molar-refractivity contribution in [3.8, 4) is 11.8 Å². The lowest BCUT2D eigenvalue weighted by atomic mass is 10.0. The SMILES string of the molecule is C[C@@H]1CC[C@@H](O)CN1c1nc(OCC2(CN(C)C)CC2)nc2c1CN(C(=O)c1cc(O)cc3cccc(I)c13)C2. The molecule has 1 amide bonds. The Morgan fingerprint density at radius 2 is 2.00 bits per heavy atom. The smallest absolute Gasteiger partial charge is 0.318 e. The van der Waals surface area contributed by atoms with Crippen molar-refractivity contribution >= 4 is 45.1 Å². The molecule has 3 heterocycles. The molecule has 212 valence electrons. The summed E-state index contributed by atoms with van der Waals surface area (Å²) in [6.07, 6.45) is 3.43. The molecule has 2 N–H and O–H groups in total. The minimum absolute atomic E-state index is 0.0635. The molecule has 1 saturated heterocycles. The summed E-state index contributed by atoms with van der Waals surface area (Å²) >= 11 is 2.24. The first-order chi connectivity index (χ1) is 19.1. The molecule has 2 aliphatic heterocycles. The number of β-amino-alcohol motifs (C(OH)–C–C–N with tert-alkyl or cyclic N) is 1. The molecule has 2 aromatic carbocycles. The Balaban J connectivity index is 1.34. The number of aromatic nitrogens is 2. The van der Waals surface area contributed by atoms with Crippen LogP contribution in [-0.2, 0) is 13.1 Å². The van der Waals surface area contributed by atoms with Crippen LogP contribution >= 0.6 is 22.6 Å². The van der Waals surface area contributed by atoms with Crippen molar-refractivity contribution in [1.82, 2.24) is 19.8 Å². The number of amides is 1. The second-order valence-electron chi connectivity index (χ2n) is 12.0. The average molecular weight is 658 g/mol. The molecule has 0 radical (unpaired) electrons. The van der Waals surface area contributed by atoms with Crippen LogP contribution in [0.5, 0.6) is 11.8 Å². The van der Waals surface area contributed by atoms with E-state index in [1.165, 1.54) is 0 Å². The van der Waals surface area contributed by atoms with Crippen LogP contribution in [0, 0.1) is 8.99 Å². The lowest BCUT2D eigenvalue weighted by Gasteiger charge is -2.37. The number of ether oxygens (including phenoxy) is 1. The molecule has 2 fully saturated rings. The molecule has 0 unspecified atom stereocenters. The highest BCUT2D eigenvalue weighted by Crippen LogP contribution is 2.46. The summed E-state index contributed by atoms with van der Waals surface area (Å²) in [7, 11) is 4.16. The minimum atomic E-state index is -0.430. The monoisotopic (exact) mass is 657 g/mol. The Morgan fingerprint density at radius 3 is 2.75 bits per heavy atom. The molecular formula is C30H36IN5O4. The van der Waals surface area contributed by atoms with Crippen LogP contribution < -0.4 is 9.64 Å². The number of phenolic OH excluding ortho intramolecular Hbond substituents is 1. The number of hydrogen-bond donors (Lipinski definition) is 2. The maximum absolute atomic E-state index is 14.0. The summed E-state index contributed by atoms with van der Waals surface area (Å²) in [4.78, 5) is 29.8. The van der Waals surface area contributed by atoms with Gasteiger partial charge in [0.1, 0.15) is 11.6 Å². The van der Waals surface area contributed by atoms with Crippen LogP contribution in [0.1, 0.15) is 54.2 Å². The number of anilines is 1. The zero-order valence-electron chi connectivity index (χ0n) is 23.2. The lowest BCUT2D eigenvalue weighted by Crippen LogP contribution is -2.45. The maximum atomic E-state index is 14.0. The normalized spacial score (nSPS) is 21.6. The molecule has 1 aromatic heterocycles. The van der Waals surface area contributed by atoms with Gasteiger partial charge < -0.3 is 29.6 Å². The van der Waals surface area contributed by atoms with Gasteiger partial charge in [0.05, 0.1) is 37.1 Å². The second-order valence-corrected chi connectivity index (χ2v) is 13.2. The van der Waals surface area contributed by atoms with Crippen molar-refractivity contribution in [3.63, 3.8) is 0 Å². The number of carbonyl (C=O) groups is 1. The van der Waals surface area contributed by atoms with E-state index in [4.69, 9.17) is 14.7 Å². The van der Waals surface area contributed by atoms with Crippen molar-refractivity contribution in [3.05, 3.63) is 50.7 Å². The number of fused-ring (bicyclic) bond motifs is 2. The number of benzene rings is 2. The van der Waals surface area contributed by atoms with Gasteiger partial charge in [-0.3, -0.25) is 4.79 Å². The summed E-state index contributed by atoms with van der Waals surface area (Å²) in [6.45, 7) is 4.83. The van der Waals surface area contributed by atoms with E-state index in [0.717, 1.165) is 63.6 Å². The van der Waals surface area contributed by atoms with Gasteiger partial charge in [0.25, 0.3) is 5.91 Å². The first-order valence-electron chi connectivity index (χ1n) is 13.9. The number of hydrogen-bond acceptors (Lipinski definition) is 8. The standard InChI is InChI=1S/C30H36IN5O4/c1-18-7-8-20(37)13-36(18)27-23-14-35(28(39)22-12-21(38)11-19-5-4-6-24(31)26(19)22)15-25(23)32-29(33-27)40-17-30(9-10-30)16-34(2)3/h4-6,11-12,18,20,37-38H,7-10,13-17H2,1-3H3/t18-,20-/m1/s1. The molecule has 9 nitrogen and oxygen atoms in total. The molecule has 3 aromatic rings. The predicted molar refractivity (Wildman–Crippen MR) is 162 cm³/mol. The van der Waals surface area contributed by atoms with E-state index >= 15 is 0 Å². The number of halogens is 1. The van der Waals surface area contributed by atoms with E-state index in [1.54, 1.807) is 17.0 Å². The highest BCUT2D eigenvalue weighted by atomic mass is 127. The van der Waals surface area contributed by atoms with Gasteiger partial charge in [-0.25, -0.2) is 0 Å². The molecule has 10 heteroatoms. The number of aliphatic hydroxyl groups is 1. The fourth-order valence-corrected chi connectivity index (χ4v) is 6.97. The number of aliphatic hydroxyl groups excluding tert-OH is 1. The molecule has 1 saturated carbocycles. The Hall–Kier alpha value is -2.70. The number of phenols is 1. The molecule has 0 spiro atoms. The average Bonchev–Trinajstić information content (AvgIpc) is 3.52. The third kappa shape index (κ3) is 5.33. The maximum Gasteiger partial charge on any atom is 0.318 e. The van der Waals surface area contributed by atoms with Crippen LogP contribution in [0.15, 0.2) is 30.3 Å². The van der Waals surface area contributed by atoms with E-state index in [2.05, 4.69) is 53.4 Å². The van der Waals surface area contributed by atoms with E-state index in [9.17, 15) is 15.0 Å². The van der Waals surface area contributed by atoms with E-state index < -0.39 is 6.10 Å². The van der Waals surface area contributed by atoms with Crippen molar-refractivity contribution in [2.24, 2.45) is 5.41 Å². The van der Waals surface area contributed by atoms with Crippen LogP contribution in [0.2, 0.25) is 0 Å². The van der Waals surface area contributed by atoms with Crippen LogP contribution in [0.4, 0.5) is 5.82 Å². The summed E-state index contributed by atoms with van der Waals surface area (Å²) in [5.41, 5.74) is 2.28. The Bertz CT molecular complexity index is 1460. The van der Waals surface area contributed by atoms with E-state index in [1.807, 2.05) is 18.2 Å². The first-order valence-corrected chi connectivity index (χ1v) is 15.0. The van der Waals surface area contributed by atoms with Gasteiger partial charge in [-0.05, 0) is 92.9 Å². The number of rotatable bonds is 7. The number of carbonyl (C=O) groups excluding carboxylic acids is 1. The van der Waals surface area contributed by atoms with Gasteiger partial charge >= 0.3 is 6.01 Å². The predicted octanol–water partition coefficient (Wildman–Crippen LogP) is 4.17. The van der Waals surface area contributed by atoms with Crippen LogP contribution in [-0.4, -0.2) is 81.8 Å². The third-order valence-electron chi connectivity index (χ3n) is 8.41. The van der Waals surface area contributed by atoms with Crippen LogP contribution in [0.25, 0.3) is 10.8 Å². The quantitative estimate of drug-likeness (QED) is 0.366. The summed E-state index contributed by atoms with van der Waals surface area (Å²) < 4.78 is 7.20. The summed E-state index contributed by atoms with van der Waals surface area (Å²) in [6, 6.07) is 9.57. The highest BCUT2D eigenvalue weighted by molar-refractivity contribution is 14.1. The molecule has 6 rings (SSSR count). The Labute approximate surface area is 248 Å². The molecule has 3 aliphatic rings. The zero-order valence-corrected chi connectivity index (χ0v) is 25.4. The van der Waals surface area contributed by atoms with Gasteiger partial charge in [0.15, 0.2) is 0 Å². The topological polar surface area (TPSA) is 102 Å². The highest BCUT2D eigenvalue weighted by Gasteiger charge is 2.44. The lowest BCUT2D eigenvalue weighted by molar-refractivity contribution is 0.0751. The minimum Gasteiger partial charge on any atom is -0.508 e.